The molecule has 3 heterocycles. The number of hydrogen-bond donors (Lipinski definition) is 0. The fraction of sp³-hybridized carbons (Fsp3) is 0.353. The quantitative estimate of drug-likeness (QED) is 0.249. The van der Waals surface area contributed by atoms with E-state index in [-0.39, 0.29) is 12.0 Å². The Kier molecular flexibility index (Phi) is 7.91. The summed E-state index contributed by atoms with van der Waals surface area (Å²) in [5.41, 5.74) is 5.53. The summed E-state index contributed by atoms with van der Waals surface area (Å²) < 4.78 is 42.2. The van der Waals surface area contributed by atoms with Crippen LogP contribution in [0.25, 0.3) is 0 Å². The number of piperazine rings is 1. The van der Waals surface area contributed by atoms with Gasteiger partial charge in [-0.1, -0.05) is 60.7 Å². The predicted molar refractivity (Wildman–Crippen MR) is 158 cm³/mol. The molecule has 0 unspecified atom stereocenters. The van der Waals surface area contributed by atoms with Gasteiger partial charge in [0.25, 0.3) is 0 Å². The summed E-state index contributed by atoms with van der Waals surface area (Å²) in [6.07, 6.45) is -1.20. The molecule has 1 saturated heterocycles. The van der Waals surface area contributed by atoms with Crippen LogP contribution in [0.3, 0.4) is 0 Å². The molecule has 4 aromatic rings. The van der Waals surface area contributed by atoms with E-state index in [1.807, 2.05) is 0 Å². The van der Waals surface area contributed by atoms with Gasteiger partial charge in [0.2, 0.25) is 0 Å². The average molecular weight is 559 g/mol. The number of anilines is 1. The fourth-order valence-electron chi connectivity index (χ4n) is 6.64. The third-order valence-corrected chi connectivity index (χ3v) is 8.79. The van der Waals surface area contributed by atoms with Crippen LogP contribution in [0.4, 0.5) is 18.9 Å². The molecule has 6 rings (SSSR count). The number of fused-ring (bicyclic) bond motifs is 1. The molecule has 0 aliphatic carbocycles. The first-order chi connectivity index (χ1) is 19.9. The highest BCUT2D eigenvalue weighted by molar-refractivity contribution is 5.49. The minimum absolute atomic E-state index is 0.232. The van der Waals surface area contributed by atoms with Crippen molar-refractivity contribution in [3.05, 3.63) is 125 Å². The van der Waals surface area contributed by atoms with Gasteiger partial charge in [-0.15, -0.1) is 0 Å². The monoisotopic (exact) mass is 558 g/mol. The largest absolute Gasteiger partial charge is 0.416 e. The average Bonchev–Trinajstić information content (AvgIpc) is 3.41. The highest BCUT2D eigenvalue weighted by Crippen LogP contribution is 2.43. The molecule has 0 amide bonds. The Morgan fingerprint density at radius 2 is 1.56 bits per heavy atom. The second-order valence-electron chi connectivity index (χ2n) is 11.3. The lowest BCUT2D eigenvalue weighted by Gasteiger charge is -2.46. The van der Waals surface area contributed by atoms with Gasteiger partial charge in [0, 0.05) is 76.4 Å². The van der Waals surface area contributed by atoms with Gasteiger partial charge in [-0.25, -0.2) is 0 Å². The Morgan fingerprint density at radius 3 is 2.29 bits per heavy atom. The maximum Gasteiger partial charge on any atom is 0.416 e. The second-order valence-corrected chi connectivity index (χ2v) is 11.3. The van der Waals surface area contributed by atoms with Gasteiger partial charge >= 0.3 is 6.18 Å². The fourth-order valence-corrected chi connectivity index (χ4v) is 6.64. The van der Waals surface area contributed by atoms with Gasteiger partial charge in [-0.3, -0.25) is 9.80 Å². The highest BCUT2D eigenvalue weighted by atomic mass is 19.4. The van der Waals surface area contributed by atoms with Crippen LogP contribution in [0, 0.1) is 0 Å². The molecule has 214 valence electrons. The first-order valence-corrected chi connectivity index (χ1v) is 14.5. The molecule has 1 aromatic heterocycles. The van der Waals surface area contributed by atoms with Crippen molar-refractivity contribution in [3.8, 4) is 0 Å². The number of aryl methyl sites for hydroxylation is 1. The number of alkyl halides is 3. The van der Waals surface area contributed by atoms with Gasteiger partial charge < -0.3 is 9.47 Å². The topological polar surface area (TPSA) is 14.7 Å². The number of rotatable bonds is 7. The van der Waals surface area contributed by atoms with Crippen LogP contribution < -0.4 is 4.90 Å². The van der Waals surface area contributed by atoms with Crippen LogP contribution in [0.1, 0.15) is 39.9 Å². The predicted octanol–water partition coefficient (Wildman–Crippen LogP) is 6.75. The molecule has 7 heteroatoms. The first kappa shape index (κ1) is 27.6. The number of aromatic nitrogens is 1. The van der Waals surface area contributed by atoms with Gasteiger partial charge in [0.15, 0.2) is 0 Å². The lowest BCUT2D eigenvalue weighted by molar-refractivity contribution is -0.137. The zero-order chi connectivity index (χ0) is 28.4. The van der Waals surface area contributed by atoms with E-state index in [4.69, 9.17) is 0 Å². The Hall–Kier alpha value is -3.55. The van der Waals surface area contributed by atoms with Crippen LogP contribution in [0.15, 0.2) is 97.2 Å². The van der Waals surface area contributed by atoms with E-state index in [2.05, 4.69) is 99.2 Å². The number of hydrogen-bond acceptors (Lipinski definition) is 3. The van der Waals surface area contributed by atoms with Gasteiger partial charge in [0.05, 0.1) is 11.6 Å². The van der Waals surface area contributed by atoms with E-state index in [0.29, 0.717) is 18.8 Å². The van der Waals surface area contributed by atoms with Crippen molar-refractivity contribution in [2.24, 2.45) is 7.05 Å². The molecule has 0 radical (unpaired) electrons. The summed E-state index contributed by atoms with van der Waals surface area (Å²) in [7, 11) is 2.14. The third-order valence-electron chi connectivity index (χ3n) is 8.79. The Morgan fingerprint density at radius 1 is 0.805 bits per heavy atom. The van der Waals surface area contributed by atoms with Crippen molar-refractivity contribution in [2.45, 2.75) is 31.1 Å². The molecule has 2 aliphatic rings. The smallest absolute Gasteiger partial charge is 0.369 e. The van der Waals surface area contributed by atoms with Crippen molar-refractivity contribution in [1.29, 1.82) is 0 Å². The zero-order valence-corrected chi connectivity index (χ0v) is 23.5. The molecule has 1 fully saturated rings. The minimum Gasteiger partial charge on any atom is -0.369 e. The van der Waals surface area contributed by atoms with Gasteiger partial charge in [-0.05, 0) is 53.4 Å². The van der Waals surface area contributed by atoms with Crippen LogP contribution in [-0.2, 0) is 26.2 Å². The second kappa shape index (κ2) is 11.7. The van der Waals surface area contributed by atoms with Gasteiger partial charge in [-0.2, -0.15) is 13.2 Å². The van der Waals surface area contributed by atoms with E-state index in [1.165, 1.54) is 34.5 Å². The number of nitrogens with zero attached hydrogens (tertiary/aromatic N) is 4. The van der Waals surface area contributed by atoms with Crippen molar-refractivity contribution in [3.63, 3.8) is 0 Å². The third kappa shape index (κ3) is 6.07. The number of halogens is 3. The molecule has 0 N–H and O–H groups in total. The minimum atomic E-state index is -4.33. The lowest BCUT2D eigenvalue weighted by atomic mass is 9.81. The highest BCUT2D eigenvalue weighted by Gasteiger charge is 2.38. The molecule has 0 saturated carbocycles. The molecule has 0 bridgehead atoms. The van der Waals surface area contributed by atoms with E-state index in [1.54, 1.807) is 6.07 Å². The Bertz CT molecular complexity index is 1440. The van der Waals surface area contributed by atoms with Crippen molar-refractivity contribution in [2.75, 3.05) is 44.2 Å². The molecule has 0 spiro atoms. The van der Waals surface area contributed by atoms with Crippen LogP contribution in [0.2, 0.25) is 0 Å². The summed E-state index contributed by atoms with van der Waals surface area (Å²) >= 11 is 0. The maximum atomic E-state index is 13.3. The summed E-state index contributed by atoms with van der Waals surface area (Å²) in [6, 6.07) is 29.9. The summed E-state index contributed by atoms with van der Waals surface area (Å²) in [4.78, 5) is 7.23. The normalized spacial score (nSPS) is 20.2. The molecular weight excluding hydrogens is 521 g/mol. The van der Waals surface area contributed by atoms with Crippen LogP contribution in [0.5, 0.6) is 0 Å². The molecule has 2 aliphatic heterocycles. The summed E-state index contributed by atoms with van der Waals surface area (Å²) in [6.45, 7) is 5.85. The Balaban J connectivity index is 1.23. The molecule has 2 atom stereocenters. The SMILES string of the molecule is Cn1cccc1[C@@H]1[C@@H](CN2CCN(c3cccc(C(F)(F)F)c3)CC2)c2ccccc2CN1CCc1ccccc1. The van der Waals surface area contributed by atoms with Crippen molar-refractivity contribution < 1.29 is 13.2 Å². The summed E-state index contributed by atoms with van der Waals surface area (Å²) in [5, 5.41) is 0. The standard InChI is InChI=1S/C34H37F3N4/c1-38-17-8-15-32(38)33-31(25-39-19-21-40(22-20-39)29-13-7-12-28(23-29)34(35,36)37)30-14-6-5-11-27(30)24-41(33)18-16-26-9-3-2-4-10-26/h2-15,17,23,31,33H,16,18-22,24-25H2,1H3/t31-,33-/m0/s1. The maximum absolute atomic E-state index is 13.3. The first-order valence-electron chi connectivity index (χ1n) is 14.5. The van der Waals surface area contributed by atoms with Crippen LogP contribution in [-0.4, -0.2) is 53.6 Å². The van der Waals surface area contributed by atoms with Crippen LogP contribution >= 0.6 is 0 Å². The zero-order valence-electron chi connectivity index (χ0n) is 23.5. The van der Waals surface area contributed by atoms with Crippen molar-refractivity contribution >= 4 is 5.69 Å². The van der Waals surface area contributed by atoms with E-state index >= 15 is 0 Å². The molecular formula is C34H37F3N4. The lowest BCUT2D eigenvalue weighted by Crippen LogP contribution is -2.50. The van der Waals surface area contributed by atoms with E-state index in [0.717, 1.165) is 45.2 Å². The summed E-state index contributed by atoms with van der Waals surface area (Å²) in [5.74, 6) is 0.282. The van der Waals surface area contributed by atoms with E-state index in [9.17, 15) is 13.2 Å². The molecule has 3 aromatic carbocycles. The molecule has 41 heavy (non-hydrogen) atoms. The van der Waals surface area contributed by atoms with Crippen molar-refractivity contribution in [1.82, 2.24) is 14.4 Å². The molecule has 4 nitrogen and oxygen atoms in total. The van der Waals surface area contributed by atoms with Gasteiger partial charge in [0.1, 0.15) is 0 Å². The van der Waals surface area contributed by atoms with E-state index < -0.39 is 11.7 Å². The number of benzene rings is 3. The Labute approximate surface area is 240 Å².